The van der Waals surface area contributed by atoms with Gasteiger partial charge in [0.05, 0.1) is 11.0 Å². The molecule has 3 aromatic carbocycles. The summed E-state index contributed by atoms with van der Waals surface area (Å²) in [6.07, 6.45) is -0.876. The predicted octanol–water partition coefficient (Wildman–Crippen LogP) is 5.58. The summed E-state index contributed by atoms with van der Waals surface area (Å²) in [7, 11) is 1.84. The number of nitro groups is 1. The lowest BCUT2D eigenvalue weighted by Gasteiger charge is -2.21. The predicted molar refractivity (Wildman–Crippen MR) is 123 cm³/mol. The molecule has 0 aliphatic carbocycles. The zero-order valence-corrected chi connectivity index (χ0v) is 18.7. The van der Waals surface area contributed by atoms with Crippen molar-refractivity contribution >= 4 is 28.9 Å². The number of hydrogen-bond acceptors (Lipinski definition) is 5. The highest BCUT2D eigenvalue weighted by atomic mass is 35.5. The molecule has 0 aliphatic heterocycles. The Bertz CT molecular complexity index is 1100. The quantitative estimate of drug-likeness (QED) is 0.320. The van der Waals surface area contributed by atoms with Gasteiger partial charge in [0.2, 0.25) is 0 Å². The van der Waals surface area contributed by atoms with Crippen LogP contribution < -0.4 is 4.74 Å². The number of benzene rings is 3. The molecule has 0 aliphatic rings. The van der Waals surface area contributed by atoms with Crippen LogP contribution in [0.5, 0.6) is 5.75 Å². The standard InChI is InChI=1S/C23H21Cl2FN2O4/c1-27(13-19(29)14-32-23-9-7-18(28(30)31)11-22(23)26)12-15-2-4-16(5-3-15)20-10-17(24)6-8-21(20)25/h2-11,19,29H,12-14H2,1H3. The maximum absolute atomic E-state index is 13.9. The summed E-state index contributed by atoms with van der Waals surface area (Å²) >= 11 is 12.3. The second-order valence-corrected chi connectivity index (χ2v) is 8.20. The Kier molecular flexibility index (Phi) is 8.04. The largest absolute Gasteiger partial charge is 0.488 e. The summed E-state index contributed by atoms with van der Waals surface area (Å²) in [5, 5.41) is 22.1. The zero-order chi connectivity index (χ0) is 23.3. The second kappa shape index (κ2) is 10.7. The van der Waals surface area contributed by atoms with Crippen LogP contribution in [0.3, 0.4) is 0 Å². The zero-order valence-electron chi connectivity index (χ0n) is 17.2. The molecule has 1 unspecified atom stereocenters. The van der Waals surface area contributed by atoms with Crippen LogP contribution in [0.1, 0.15) is 5.56 Å². The van der Waals surface area contributed by atoms with Crippen molar-refractivity contribution in [1.29, 1.82) is 0 Å². The smallest absolute Gasteiger partial charge is 0.272 e. The molecule has 0 saturated heterocycles. The highest BCUT2D eigenvalue weighted by Gasteiger charge is 2.15. The highest BCUT2D eigenvalue weighted by molar-refractivity contribution is 6.35. The molecule has 3 aromatic rings. The number of nitrogens with zero attached hydrogens (tertiary/aromatic N) is 2. The molecule has 1 atom stereocenters. The van der Waals surface area contributed by atoms with Gasteiger partial charge in [-0.25, -0.2) is 4.39 Å². The average Bonchev–Trinajstić information content (AvgIpc) is 2.75. The molecular weight excluding hydrogens is 458 g/mol. The van der Waals surface area contributed by atoms with Crippen LogP contribution in [0.4, 0.5) is 10.1 Å². The van der Waals surface area contributed by atoms with Crippen LogP contribution >= 0.6 is 23.2 Å². The second-order valence-electron chi connectivity index (χ2n) is 7.35. The topological polar surface area (TPSA) is 75.8 Å². The monoisotopic (exact) mass is 478 g/mol. The normalized spacial score (nSPS) is 12.1. The molecule has 0 bridgehead atoms. The SMILES string of the molecule is CN(Cc1ccc(-c2cc(Cl)ccc2Cl)cc1)CC(O)COc1ccc([N+](=O)[O-])cc1F. The molecule has 0 fully saturated rings. The number of aliphatic hydroxyl groups is 1. The van der Waals surface area contributed by atoms with Crippen LogP contribution in [0.2, 0.25) is 10.0 Å². The third-order valence-electron chi connectivity index (χ3n) is 4.73. The number of rotatable bonds is 9. The van der Waals surface area contributed by atoms with Gasteiger partial charge in [-0.15, -0.1) is 0 Å². The minimum atomic E-state index is -0.876. The summed E-state index contributed by atoms with van der Waals surface area (Å²) in [5.74, 6) is -0.993. The van der Waals surface area contributed by atoms with Gasteiger partial charge in [0.25, 0.3) is 5.69 Å². The first-order valence-corrected chi connectivity index (χ1v) is 10.5. The molecule has 0 saturated carbocycles. The van der Waals surface area contributed by atoms with Gasteiger partial charge in [-0.05, 0) is 42.4 Å². The number of hydrogen-bond donors (Lipinski definition) is 1. The Labute approximate surface area is 194 Å². The fraction of sp³-hybridized carbons (Fsp3) is 0.217. The van der Waals surface area contributed by atoms with E-state index in [1.807, 2.05) is 42.3 Å². The minimum Gasteiger partial charge on any atom is -0.488 e. The van der Waals surface area contributed by atoms with Crippen molar-refractivity contribution in [1.82, 2.24) is 4.90 Å². The van der Waals surface area contributed by atoms with E-state index >= 15 is 0 Å². The molecule has 3 rings (SSSR count). The average molecular weight is 479 g/mol. The first kappa shape index (κ1) is 23.9. The van der Waals surface area contributed by atoms with Crippen LogP contribution in [0.15, 0.2) is 60.7 Å². The van der Waals surface area contributed by atoms with Gasteiger partial charge in [0.15, 0.2) is 11.6 Å². The van der Waals surface area contributed by atoms with Crippen molar-refractivity contribution in [3.8, 4) is 16.9 Å². The van der Waals surface area contributed by atoms with E-state index in [4.69, 9.17) is 27.9 Å². The molecule has 0 amide bonds. The Morgan fingerprint density at radius 1 is 1.12 bits per heavy atom. The molecule has 168 valence electrons. The van der Waals surface area contributed by atoms with E-state index in [1.54, 1.807) is 12.1 Å². The number of likely N-dealkylation sites (N-methyl/N-ethyl adjacent to an activating group) is 1. The Balaban J connectivity index is 1.52. The van der Waals surface area contributed by atoms with Crippen molar-refractivity contribution in [3.05, 3.63) is 92.2 Å². The third-order valence-corrected chi connectivity index (χ3v) is 5.29. The summed E-state index contributed by atoms with van der Waals surface area (Å²) in [4.78, 5) is 11.9. The van der Waals surface area contributed by atoms with E-state index in [0.29, 0.717) is 16.6 Å². The van der Waals surface area contributed by atoms with Crippen molar-refractivity contribution in [3.63, 3.8) is 0 Å². The summed E-state index contributed by atoms with van der Waals surface area (Å²) < 4.78 is 19.1. The molecule has 0 radical (unpaired) electrons. The lowest BCUT2D eigenvalue weighted by Crippen LogP contribution is -2.32. The van der Waals surface area contributed by atoms with Crippen LogP contribution in [-0.2, 0) is 6.54 Å². The molecular formula is C23H21Cl2FN2O4. The number of ether oxygens (including phenoxy) is 1. The van der Waals surface area contributed by atoms with E-state index < -0.39 is 16.8 Å². The van der Waals surface area contributed by atoms with E-state index in [9.17, 15) is 19.6 Å². The summed E-state index contributed by atoms with van der Waals surface area (Å²) in [6.45, 7) is 0.717. The first-order chi connectivity index (χ1) is 15.2. The summed E-state index contributed by atoms with van der Waals surface area (Å²) in [5.41, 5.74) is 2.47. The first-order valence-electron chi connectivity index (χ1n) is 9.70. The molecule has 0 aromatic heterocycles. The highest BCUT2D eigenvalue weighted by Crippen LogP contribution is 2.30. The number of aliphatic hydroxyl groups excluding tert-OH is 1. The van der Waals surface area contributed by atoms with E-state index in [0.717, 1.165) is 28.8 Å². The fourth-order valence-electron chi connectivity index (χ4n) is 3.20. The van der Waals surface area contributed by atoms with Crippen LogP contribution in [-0.4, -0.2) is 41.2 Å². The van der Waals surface area contributed by atoms with Crippen LogP contribution in [0.25, 0.3) is 11.1 Å². The maximum Gasteiger partial charge on any atom is 0.272 e. The Morgan fingerprint density at radius 3 is 2.50 bits per heavy atom. The van der Waals surface area contributed by atoms with Crippen molar-refractivity contribution < 1.29 is 19.2 Å². The van der Waals surface area contributed by atoms with Crippen molar-refractivity contribution in [2.24, 2.45) is 0 Å². The molecule has 1 N–H and O–H groups in total. The van der Waals surface area contributed by atoms with Gasteiger partial charge in [-0.2, -0.15) is 0 Å². The molecule has 6 nitrogen and oxygen atoms in total. The molecule has 9 heteroatoms. The third kappa shape index (κ3) is 6.40. The van der Waals surface area contributed by atoms with Gasteiger partial charge in [0.1, 0.15) is 12.7 Å². The van der Waals surface area contributed by atoms with Gasteiger partial charge in [-0.3, -0.25) is 15.0 Å². The molecule has 0 spiro atoms. The van der Waals surface area contributed by atoms with Crippen molar-refractivity contribution in [2.45, 2.75) is 12.6 Å². The van der Waals surface area contributed by atoms with Crippen molar-refractivity contribution in [2.75, 3.05) is 20.2 Å². The van der Waals surface area contributed by atoms with Gasteiger partial charge in [0, 0.05) is 34.8 Å². The van der Waals surface area contributed by atoms with E-state index in [2.05, 4.69) is 0 Å². The summed E-state index contributed by atoms with van der Waals surface area (Å²) in [6, 6.07) is 16.3. The molecule has 32 heavy (non-hydrogen) atoms. The van der Waals surface area contributed by atoms with E-state index in [-0.39, 0.29) is 24.6 Å². The minimum absolute atomic E-state index is 0.146. The number of non-ortho nitro benzene ring substituents is 1. The van der Waals surface area contributed by atoms with Crippen LogP contribution in [0, 0.1) is 15.9 Å². The lowest BCUT2D eigenvalue weighted by atomic mass is 10.0. The molecule has 0 heterocycles. The van der Waals surface area contributed by atoms with E-state index in [1.165, 1.54) is 6.07 Å². The number of nitro benzene ring substituents is 1. The maximum atomic E-state index is 13.9. The Morgan fingerprint density at radius 2 is 1.84 bits per heavy atom. The van der Waals surface area contributed by atoms with Gasteiger partial charge in [-0.1, -0.05) is 47.5 Å². The fourth-order valence-corrected chi connectivity index (χ4v) is 3.60. The lowest BCUT2D eigenvalue weighted by molar-refractivity contribution is -0.385. The Hall–Kier alpha value is -2.71. The van der Waals surface area contributed by atoms with Gasteiger partial charge < -0.3 is 9.84 Å². The number of halogens is 3. The van der Waals surface area contributed by atoms with Gasteiger partial charge >= 0.3 is 0 Å².